The molecule has 1 N–H and O–H groups in total. The van der Waals surface area contributed by atoms with Gasteiger partial charge in [0.1, 0.15) is 0 Å². The van der Waals surface area contributed by atoms with Gasteiger partial charge in [-0.3, -0.25) is 4.68 Å². The summed E-state index contributed by atoms with van der Waals surface area (Å²) in [5, 5.41) is 8.39. The first-order chi connectivity index (χ1) is 8.88. The van der Waals surface area contributed by atoms with Crippen molar-refractivity contribution in [2.45, 2.75) is 84.8 Å². The molecule has 0 radical (unpaired) electrons. The Balaban J connectivity index is 2.14. The summed E-state index contributed by atoms with van der Waals surface area (Å²) in [6.45, 7) is 11.9. The third-order valence-electron chi connectivity index (χ3n) is 4.19. The number of hydrogen-bond acceptors (Lipinski definition) is 2. The summed E-state index contributed by atoms with van der Waals surface area (Å²) in [4.78, 5) is 0. The normalized spacial score (nSPS) is 17.9. The van der Waals surface area contributed by atoms with Crippen molar-refractivity contribution >= 4 is 0 Å². The average molecular weight is 263 g/mol. The van der Waals surface area contributed by atoms with Crippen LogP contribution in [-0.4, -0.2) is 15.3 Å². The fourth-order valence-electron chi connectivity index (χ4n) is 2.99. The number of rotatable bonds is 3. The predicted molar refractivity (Wildman–Crippen MR) is 80.4 cm³/mol. The Labute approximate surface area is 117 Å². The van der Waals surface area contributed by atoms with E-state index in [1.807, 2.05) is 0 Å². The smallest absolute Gasteiger partial charge is 0.0641 e. The molecule has 0 unspecified atom stereocenters. The van der Waals surface area contributed by atoms with Gasteiger partial charge in [-0.2, -0.15) is 5.10 Å². The summed E-state index contributed by atoms with van der Waals surface area (Å²) in [6.07, 6.45) is 6.72. The van der Waals surface area contributed by atoms with E-state index in [1.54, 1.807) is 0 Å². The molecule has 0 bridgehead atoms. The first kappa shape index (κ1) is 14.6. The van der Waals surface area contributed by atoms with E-state index in [-0.39, 0.29) is 5.54 Å². The number of nitrogens with zero attached hydrogens (tertiary/aromatic N) is 2. The molecule has 1 fully saturated rings. The molecule has 0 spiro atoms. The third kappa shape index (κ3) is 3.59. The zero-order valence-electron chi connectivity index (χ0n) is 13.2. The molecule has 1 heterocycles. The lowest BCUT2D eigenvalue weighted by Crippen LogP contribution is -2.35. The van der Waals surface area contributed by atoms with Crippen molar-refractivity contribution in [3.8, 4) is 0 Å². The Morgan fingerprint density at radius 3 is 2.37 bits per heavy atom. The number of aromatic nitrogens is 2. The molecule has 0 aliphatic heterocycles. The number of aryl methyl sites for hydroxylation is 1. The Morgan fingerprint density at radius 2 is 1.79 bits per heavy atom. The molecule has 19 heavy (non-hydrogen) atoms. The highest BCUT2D eigenvalue weighted by molar-refractivity contribution is 5.25. The fraction of sp³-hybridized carbons (Fsp3) is 0.812. The van der Waals surface area contributed by atoms with Crippen LogP contribution in [0.2, 0.25) is 0 Å². The van der Waals surface area contributed by atoms with Gasteiger partial charge in [0.05, 0.1) is 11.7 Å². The van der Waals surface area contributed by atoms with E-state index >= 15 is 0 Å². The van der Waals surface area contributed by atoms with E-state index in [4.69, 9.17) is 5.10 Å². The van der Waals surface area contributed by atoms with Gasteiger partial charge in [0.15, 0.2) is 0 Å². The lowest BCUT2D eigenvalue weighted by molar-refractivity contribution is 0.323. The van der Waals surface area contributed by atoms with Crippen LogP contribution in [0.4, 0.5) is 0 Å². The van der Waals surface area contributed by atoms with Crippen molar-refractivity contribution in [2.75, 3.05) is 0 Å². The van der Waals surface area contributed by atoms with E-state index in [1.165, 1.54) is 49.1 Å². The minimum absolute atomic E-state index is 0.159. The molecule has 0 aromatic carbocycles. The van der Waals surface area contributed by atoms with Crippen LogP contribution in [0.25, 0.3) is 0 Å². The van der Waals surface area contributed by atoms with Gasteiger partial charge in [-0.25, -0.2) is 0 Å². The second-order valence-electron chi connectivity index (χ2n) is 6.99. The van der Waals surface area contributed by atoms with E-state index in [9.17, 15) is 0 Å². The first-order valence-electron chi connectivity index (χ1n) is 7.68. The molecule has 108 valence electrons. The van der Waals surface area contributed by atoms with Gasteiger partial charge in [0.2, 0.25) is 0 Å². The van der Waals surface area contributed by atoms with E-state index < -0.39 is 0 Å². The van der Waals surface area contributed by atoms with Gasteiger partial charge in [-0.15, -0.1) is 0 Å². The second kappa shape index (κ2) is 5.66. The van der Waals surface area contributed by atoms with Gasteiger partial charge in [0.25, 0.3) is 0 Å². The Kier molecular flexibility index (Phi) is 4.34. The van der Waals surface area contributed by atoms with E-state index in [0.29, 0.717) is 6.04 Å². The van der Waals surface area contributed by atoms with Crippen LogP contribution in [0.1, 0.15) is 75.9 Å². The van der Waals surface area contributed by atoms with E-state index in [2.05, 4.69) is 44.6 Å². The molecule has 1 aliphatic carbocycles. The van der Waals surface area contributed by atoms with Crippen LogP contribution in [-0.2, 0) is 6.54 Å². The summed E-state index contributed by atoms with van der Waals surface area (Å²) in [6, 6.07) is 0.635. The summed E-state index contributed by atoms with van der Waals surface area (Å²) in [5.74, 6) is 0. The summed E-state index contributed by atoms with van der Waals surface area (Å²) >= 11 is 0. The molecule has 0 atom stereocenters. The predicted octanol–water partition coefficient (Wildman–Crippen LogP) is 3.89. The molecule has 2 rings (SSSR count). The maximum Gasteiger partial charge on any atom is 0.0641 e. The molecule has 3 nitrogen and oxygen atoms in total. The maximum atomic E-state index is 4.81. The van der Waals surface area contributed by atoms with Crippen molar-refractivity contribution in [3.63, 3.8) is 0 Å². The minimum atomic E-state index is 0.159. The quantitative estimate of drug-likeness (QED) is 0.896. The van der Waals surface area contributed by atoms with Crippen LogP contribution in [0.15, 0.2) is 0 Å². The molecule has 1 aromatic rings. The van der Waals surface area contributed by atoms with Gasteiger partial charge >= 0.3 is 0 Å². The van der Waals surface area contributed by atoms with Gasteiger partial charge in [0, 0.05) is 23.3 Å². The van der Waals surface area contributed by atoms with Crippen LogP contribution in [0.3, 0.4) is 0 Å². The summed E-state index contributed by atoms with van der Waals surface area (Å²) in [5.41, 5.74) is 4.10. The van der Waals surface area contributed by atoms with Gasteiger partial charge < -0.3 is 5.32 Å². The van der Waals surface area contributed by atoms with Crippen molar-refractivity contribution in [1.29, 1.82) is 0 Å². The Hall–Kier alpha value is -0.830. The average Bonchev–Trinajstić information content (AvgIpc) is 2.63. The minimum Gasteiger partial charge on any atom is -0.308 e. The fourth-order valence-corrected chi connectivity index (χ4v) is 2.99. The zero-order chi connectivity index (χ0) is 14.0. The molecule has 1 saturated carbocycles. The van der Waals surface area contributed by atoms with E-state index in [0.717, 1.165) is 6.54 Å². The molecular weight excluding hydrogens is 234 g/mol. The van der Waals surface area contributed by atoms with Crippen molar-refractivity contribution in [3.05, 3.63) is 17.0 Å². The molecule has 0 saturated heterocycles. The maximum absolute atomic E-state index is 4.81. The topological polar surface area (TPSA) is 29.9 Å². The standard InChI is InChI=1S/C16H29N3/c1-12-15(11-17-16(3,4)5)13(2)19(18-12)14-9-7-6-8-10-14/h14,17H,6-11H2,1-5H3. The van der Waals surface area contributed by atoms with Crippen LogP contribution in [0, 0.1) is 13.8 Å². The number of nitrogens with one attached hydrogen (secondary N) is 1. The highest BCUT2D eigenvalue weighted by atomic mass is 15.3. The van der Waals surface area contributed by atoms with Gasteiger partial charge in [-0.1, -0.05) is 19.3 Å². The highest BCUT2D eigenvalue weighted by Crippen LogP contribution is 2.30. The Morgan fingerprint density at radius 1 is 1.16 bits per heavy atom. The summed E-state index contributed by atoms with van der Waals surface area (Å²) < 4.78 is 2.30. The van der Waals surface area contributed by atoms with Crippen LogP contribution >= 0.6 is 0 Å². The lowest BCUT2D eigenvalue weighted by atomic mass is 9.95. The molecular formula is C16H29N3. The highest BCUT2D eigenvalue weighted by Gasteiger charge is 2.21. The lowest BCUT2D eigenvalue weighted by Gasteiger charge is -2.24. The molecule has 0 amide bonds. The Bertz CT molecular complexity index is 420. The molecule has 3 heteroatoms. The van der Waals surface area contributed by atoms with Crippen LogP contribution in [0.5, 0.6) is 0 Å². The molecule has 1 aromatic heterocycles. The van der Waals surface area contributed by atoms with Crippen molar-refractivity contribution < 1.29 is 0 Å². The van der Waals surface area contributed by atoms with Crippen molar-refractivity contribution in [2.24, 2.45) is 0 Å². The largest absolute Gasteiger partial charge is 0.308 e. The molecule has 1 aliphatic rings. The SMILES string of the molecule is Cc1nn(C2CCCCC2)c(C)c1CNC(C)(C)C. The monoisotopic (exact) mass is 263 g/mol. The summed E-state index contributed by atoms with van der Waals surface area (Å²) in [7, 11) is 0. The second-order valence-corrected chi connectivity index (χ2v) is 6.99. The first-order valence-corrected chi connectivity index (χ1v) is 7.68. The van der Waals surface area contributed by atoms with Crippen LogP contribution < -0.4 is 5.32 Å². The number of hydrogen-bond donors (Lipinski definition) is 1. The van der Waals surface area contributed by atoms with Crippen molar-refractivity contribution in [1.82, 2.24) is 15.1 Å². The zero-order valence-corrected chi connectivity index (χ0v) is 13.2. The third-order valence-corrected chi connectivity index (χ3v) is 4.19. The van der Waals surface area contributed by atoms with Gasteiger partial charge in [-0.05, 0) is 47.5 Å².